The Labute approximate surface area is 114 Å². The molecule has 0 N–H and O–H groups in total. The third-order valence-corrected chi connectivity index (χ3v) is 3.03. The third-order valence-electron chi connectivity index (χ3n) is 3.03. The van der Waals surface area contributed by atoms with Crippen LogP contribution in [0.15, 0.2) is 36.9 Å². The van der Waals surface area contributed by atoms with Crippen LogP contribution in [0.4, 0.5) is 0 Å². The van der Waals surface area contributed by atoms with Crippen molar-refractivity contribution in [2.75, 3.05) is 13.1 Å². The number of Topliss-reactive ketones (excluding diaryl/α,β-unsaturated/α-hetero) is 1. The molecule has 0 bridgehead atoms. The largest absolute Gasteiger partial charge is 0.332 e. The summed E-state index contributed by atoms with van der Waals surface area (Å²) in [7, 11) is 0. The van der Waals surface area contributed by atoms with Gasteiger partial charge in [0.05, 0.1) is 6.54 Å². The minimum Gasteiger partial charge on any atom is -0.332 e. The van der Waals surface area contributed by atoms with Crippen LogP contribution in [-0.2, 0) is 4.79 Å². The van der Waals surface area contributed by atoms with Gasteiger partial charge in [0, 0.05) is 19.0 Å². The first-order valence-corrected chi connectivity index (χ1v) is 6.45. The van der Waals surface area contributed by atoms with Crippen LogP contribution in [0.1, 0.15) is 42.6 Å². The number of rotatable bonds is 6. The molecular formula is C16H21NO2. The molecule has 0 aliphatic rings. The van der Waals surface area contributed by atoms with Crippen molar-refractivity contribution in [1.29, 1.82) is 0 Å². The Hall–Kier alpha value is -1.90. The lowest BCUT2D eigenvalue weighted by atomic mass is 10.0. The van der Waals surface area contributed by atoms with Crippen molar-refractivity contribution < 1.29 is 9.59 Å². The smallest absolute Gasteiger partial charge is 0.220 e. The second kappa shape index (κ2) is 6.88. The van der Waals surface area contributed by atoms with E-state index >= 15 is 0 Å². The molecule has 0 fully saturated rings. The Morgan fingerprint density at radius 2 is 1.84 bits per heavy atom. The highest BCUT2D eigenvalue weighted by Gasteiger charge is 2.13. The Balaban J connectivity index is 2.76. The summed E-state index contributed by atoms with van der Waals surface area (Å²) in [6, 6.07) is 7.57. The van der Waals surface area contributed by atoms with Crippen molar-refractivity contribution in [3.8, 4) is 0 Å². The van der Waals surface area contributed by atoms with Crippen LogP contribution in [0, 0.1) is 0 Å². The molecule has 19 heavy (non-hydrogen) atoms. The van der Waals surface area contributed by atoms with Gasteiger partial charge in [0.2, 0.25) is 5.91 Å². The van der Waals surface area contributed by atoms with Crippen LogP contribution in [0.3, 0.4) is 0 Å². The summed E-state index contributed by atoms with van der Waals surface area (Å²) in [6.07, 6.45) is 1.62. The Morgan fingerprint density at radius 1 is 1.26 bits per heavy atom. The van der Waals surface area contributed by atoms with Crippen molar-refractivity contribution in [3.05, 3.63) is 48.0 Å². The zero-order valence-corrected chi connectivity index (χ0v) is 11.8. The molecule has 3 heteroatoms. The van der Waals surface area contributed by atoms with Crippen LogP contribution in [0.2, 0.25) is 0 Å². The number of amides is 1. The molecule has 102 valence electrons. The molecule has 0 saturated heterocycles. The number of nitrogens with zero attached hydrogens (tertiary/aromatic N) is 1. The predicted octanol–water partition coefficient (Wildman–Crippen LogP) is 3.03. The van der Waals surface area contributed by atoms with E-state index in [0.29, 0.717) is 18.0 Å². The second-order valence-corrected chi connectivity index (χ2v) is 4.89. The second-order valence-electron chi connectivity index (χ2n) is 4.89. The summed E-state index contributed by atoms with van der Waals surface area (Å²) in [5.74, 6) is 0.276. The molecule has 0 spiro atoms. The zero-order chi connectivity index (χ0) is 14.4. The lowest BCUT2D eigenvalue weighted by Crippen LogP contribution is -2.34. The van der Waals surface area contributed by atoms with E-state index < -0.39 is 0 Å². The van der Waals surface area contributed by atoms with E-state index in [9.17, 15) is 9.59 Å². The molecule has 1 aromatic rings. The Bertz CT molecular complexity index is 460. The number of carbonyl (C=O) groups is 2. The average Bonchev–Trinajstić information content (AvgIpc) is 2.38. The SMILES string of the molecule is C=CCN(CC(=O)c1ccc(C(C)C)cc1)C(C)=O. The highest BCUT2D eigenvalue weighted by molar-refractivity contribution is 5.99. The van der Waals surface area contributed by atoms with E-state index in [1.165, 1.54) is 17.4 Å². The van der Waals surface area contributed by atoms with E-state index in [0.717, 1.165) is 0 Å². The fourth-order valence-corrected chi connectivity index (χ4v) is 1.78. The average molecular weight is 259 g/mol. The maximum Gasteiger partial charge on any atom is 0.220 e. The standard InChI is InChI=1S/C16H21NO2/c1-5-10-17(13(4)18)11-16(19)15-8-6-14(7-9-15)12(2)3/h5-9,12H,1,10-11H2,2-4H3. The monoisotopic (exact) mass is 259 g/mol. The van der Waals surface area contributed by atoms with Gasteiger partial charge in [0.15, 0.2) is 5.78 Å². The topological polar surface area (TPSA) is 37.4 Å². The van der Waals surface area contributed by atoms with Gasteiger partial charge in [0.1, 0.15) is 0 Å². The third kappa shape index (κ3) is 4.36. The van der Waals surface area contributed by atoms with Crippen LogP contribution in [-0.4, -0.2) is 29.7 Å². The highest BCUT2D eigenvalue weighted by atomic mass is 16.2. The van der Waals surface area contributed by atoms with E-state index in [-0.39, 0.29) is 18.2 Å². The van der Waals surface area contributed by atoms with Gasteiger partial charge < -0.3 is 4.90 Å². The normalized spacial score (nSPS) is 10.3. The van der Waals surface area contributed by atoms with E-state index in [2.05, 4.69) is 20.4 Å². The fourth-order valence-electron chi connectivity index (χ4n) is 1.78. The van der Waals surface area contributed by atoms with Crippen molar-refractivity contribution in [2.24, 2.45) is 0 Å². The number of ketones is 1. The Kier molecular flexibility index (Phi) is 5.49. The van der Waals surface area contributed by atoms with E-state index in [4.69, 9.17) is 0 Å². The minimum absolute atomic E-state index is 0.0487. The fraction of sp³-hybridized carbons (Fsp3) is 0.375. The summed E-state index contributed by atoms with van der Waals surface area (Å²) >= 11 is 0. The molecule has 1 amide bonds. The molecule has 3 nitrogen and oxygen atoms in total. The van der Waals surface area contributed by atoms with Crippen LogP contribution < -0.4 is 0 Å². The molecule has 0 atom stereocenters. The number of hydrogen-bond acceptors (Lipinski definition) is 2. The van der Waals surface area contributed by atoms with E-state index in [1.54, 1.807) is 6.08 Å². The van der Waals surface area contributed by atoms with Crippen molar-refractivity contribution >= 4 is 11.7 Å². The number of hydrogen-bond donors (Lipinski definition) is 0. The van der Waals surface area contributed by atoms with Crippen LogP contribution in [0.5, 0.6) is 0 Å². The van der Waals surface area contributed by atoms with Crippen molar-refractivity contribution in [2.45, 2.75) is 26.7 Å². The number of carbonyl (C=O) groups excluding carboxylic acids is 2. The minimum atomic E-state index is -0.118. The summed E-state index contributed by atoms with van der Waals surface area (Å²) < 4.78 is 0. The maximum atomic E-state index is 12.1. The van der Waals surface area contributed by atoms with Crippen molar-refractivity contribution in [3.63, 3.8) is 0 Å². The van der Waals surface area contributed by atoms with Gasteiger partial charge in [-0.3, -0.25) is 9.59 Å². The summed E-state index contributed by atoms with van der Waals surface area (Å²) in [5.41, 5.74) is 1.84. The van der Waals surface area contributed by atoms with Gasteiger partial charge in [-0.25, -0.2) is 0 Å². The quantitative estimate of drug-likeness (QED) is 0.581. The lowest BCUT2D eigenvalue weighted by molar-refractivity contribution is -0.127. The molecule has 1 rings (SSSR count). The van der Waals surface area contributed by atoms with Crippen LogP contribution in [0.25, 0.3) is 0 Å². The first-order valence-electron chi connectivity index (χ1n) is 6.45. The zero-order valence-electron chi connectivity index (χ0n) is 11.8. The van der Waals surface area contributed by atoms with Gasteiger partial charge in [-0.1, -0.05) is 44.2 Å². The van der Waals surface area contributed by atoms with Crippen molar-refractivity contribution in [1.82, 2.24) is 4.90 Å². The Morgan fingerprint density at radius 3 is 2.26 bits per heavy atom. The predicted molar refractivity (Wildman–Crippen MR) is 77.3 cm³/mol. The molecule has 0 aliphatic carbocycles. The van der Waals surface area contributed by atoms with E-state index in [1.807, 2.05) is 24.3 Å². The number of benzene rings is 1. The molecular weight excluding hydrogens is 238 g/mol. The summed E-state index contributed by atoms with van der Waals surface area (Å²) in [5, 5.41) is 0. The van der Waals surface area contributed by atoms with Crippen LogP contribution >= 0.6 is 0 Å². The molecule has 0 aromatic heterocycles. The molecule has 0 unspecified atom stereocenters. The van der Waals surface area contributed by atoms with Gasteiger partial charge in [-0.05, 0) is 11.5 Å². The molecule has 0 radical (unpaired) electrons. The summed E-state index contributed by atoms with van der Waals surface area (Å²) in [6.45, 7) is 9.76. The summed E-state index contributed by atoms with van der Waals surface area (Å²) in [4.78, 5) is 24.9. The molecule has 0 aliphatic heterocycles. The van der Waals surface area contributed by atoms with Gasteiger partial charge in [-0.2, -0.15) is 0 Å². The first kappa shape index (κ1) is 15.2. The molecule has 0 saturated carbocycles. The van der Waals surface area contributed by atoms with Gasteiger partial charge in [0.25, 0.3) is 0 Å². The maximum absolute atomic E-state index is 12.1. The molecule has 1 aromatic carbocycles. The lowest BCUT2D eigenvalue weighted by Gasteiger charge is -2.18. The molecule has 0 heterocycles. The van der Waals surface area contributed by atoms with Gasteiger partial charge in [-0.15, -0.1) is 6.58 Å². The highest BCUT2D eigenvalue weighted by Crippen LogP contribution is 2.15. The van der Waals surface area contributed by atoms with Gasteiger partial charge >= 0.3 is 0 Å². The first-order chi connectivity index (χ1) is 8.95.